The number of benzene rings is 1. The first-order valence-corrected chi connectivity index (χ1v) is 7.01. The fraction of sp³-hybridized carbons (Fsp3) is 0.600. The summed E-state index contributed by atoms with van der Waals surface area (Å²) in [4.78, 5) is 1.93. The first-order chi connectivity index (χ1) is 9.20. The molecule has 0 aliphatic carbocycles. The van der Waals surface area contributed by atoms with Crippen molar-refractivity contribution in [2.24, 2.45) is 0 Å². The third-order valence-electron chi connectivity index (χ3n) is 3.69. The molecule has 0 saturated carbocycles. The Morgan fingerprint density at radius 2 is 2.05 bits per heavy atom. The van der Waals surface area contributed by atoms with E-state index in [0.29, 0.717) is 12.6 Å². The largest absolute Gasteiger partial charge is 0.311 e. The van der Waals surface area contributed by atoms with Crippen LogP contribution >= 0.6 is 0 Å². The molecule has 0 amide bonds. The van der Waals surface area contributed by atoms with E-state index in [-0.39, 0.29) is 12.6 Å². The van der Waals surface area contributed by atoms with Gasteiger partial charge in [0.2, 0.25) is 0 Å². The van der Waals surface area contributed by atoms with Crippen molar-refractivity contribution >= 4 is 0 Å². The van der Waals surface area contributed by atoms with Gasteiger partial charge < -0.3 is 5.32 Å². The Bertz CT molecular complexity index is 370. The van der Waals surface area contributed by atoms with Crippen LogP contribution in [0.25, 0.3) is 0 Å². The summed E-state index contributed by atoms with van der Waals surface area (Å²) in [5.41, 5.74) is 1.12. The molecule has 0 aromatic heterocycles. The van der Waals surface area contributed by atoms with Gasteiger partial charge in [-0.15, -0.1) is 0 Å². The van der Waals surface area contributed by atoms with E-state index in [1.165, 1.54) is 0 Å². The van der Waals surface area contributed by atoms with Crippen LogP contribution in [-0.4, -0.2) is 37.0 Å². The van der Waals surface area contributed by atoms with Crippen molar-refractivity contribution < 1.29 is 8.78 Å². The first kappa shape index (κ1) is 14.4. The Morgan fingerprint density at radius 1 is 1.32 bits per heavy atom. The number of piperazine rings is 1. The maximum absolute atomic E-state index is 12.8. The van der Waals surface area contributed by atoms with E-state index in [4.69, 9.17) is 0 Å². The Kier molecular flexibility index (Phi) is 5.28. The van der Waals surface area contributed by atoms with Gasteiger partial charge in [-0.3, -0.25) is 4.90 Å². The second-order valence-corrected chi connectivity index (χ2v) is 5.17. The molecular formula is C15H22F2N2. The van der Waals surface area contributed by atoms with E-state index >= 15 is 0 Å². The molecule has 1 saturated heterocycles. The Morgan fingerprint density at radius 3 is 2.68 bits per heavy atom. The van der Waals surface area contributed by atoms with Crippen molar-refractivity contribution in [2.75, 3.05) is 19.6 Å². The van der Waals surface area contributed by atoms with E-state index in [2.05, 4.69) is 12.2 Å². The van der Waals surface area contributed by atoms with Gasteiger partial charge in [-0.1, -0.05) is 43.7 Å². The number of rotatable bonds is 5. The summed E-state index contributed by atoms with van der Waals surface area (Å²) in [6.45, 7) is 3.45. The second-order valence-electron chi connectivity index (χ2n) is 5.17. The first-order valence-electron chi connectivity index (χ1n) is 7.01. The lowest BCUT2D eigenvalue weighted by Crippen LogP contribution is -2.53. The Balaban J connectivity index is 2.08. The summed E-state index contributed by atoms with van der Waals surface area (Å²) in [5.74, 6) is 0. The van der Waals surface area contributed by atoms with Crippen molar-refractivity contribution in [3.63, 3.8) is 0 Å². The van der Waals surface area contributed by atoms with Gasteiger partial charge in [-0.2, -0.15) is 0 Å². The molecule has 2 rings (SSSR count). The minimum atomic E-state index is -2.27. The molecule has 4 heteroatoms. The summed E-state index contributed by atoms with van der Waals surface area (Å²) in [6.07, 6.45) is -0.149. The summed E-state index contributed by atoms with van der Waals surface area (Å²) in [5, 5.41) is 3.49. The highest BCUT2D eigenvalue weighted by atomic mass is 19.3. The average Bonchev–Trinajstić information content (AvgIpc) is 2.40. The molecule has 1 fully saturated rings. The van der Waals surface area contributed by atoms with E-state index < -0.39 is 6.43 Å². The number of hydrogen-bond acceptors (Lipinski definition) is 2. The number of alkyl halides is 2. The zero-order chi connectivity index (χ0) is 13.7. The minimum Gasteiger partial charge on any atom is -0.311 e. The summed E-state index contributed by atoms with van der Waals surface area (Å²) >= 11 is 0. The van der Waals surface area contributed by atoms with Crippen molar-refractivity contribution in [3.8, 4) is 0 Å². The molecule has 1 N–H and O–H groups in total. The number of halogens is 2. The molecule has 1 aromatic carbocycles. The highest BCUT2D eigenvalue weighted by molar-refractivity contribution is 5.20. The van der Waals surface area contributed by atoms with Gasteiger partial charge in [0.05, 0.1) is 6.54 Å². The fourth-order valence-electron chi connectivity index (χ4n) is 2.81. The van der Waals surface area contributed by atoms with Gasteiger partial charge in [0, 0.05) is 25.2 Å². The minimum absolute atomic E-state index is 0.0586. The number of nitrogens with one attached hydrogen (secondary N) is 1. The zero-order valence-electron chi connectivity index (χ0n) is 11.4. The monoisotopic (exact) mass is 268 g/mol. The molecule has 0 spiro atoms. The maximum atomic E-state index is 12.8. The summed E-state index contributed by atoms with van der Waals surface area (Å²) in [6, 6.07) is 10.3. The van der Waals surface area contributed by atoms with Crippen LogP contribution in [-0.2, 0) is 0 Å². The lowest BCUT2D eigenvalue weighted by molar-refractivity contribution is 0.0414. The predicted octanol–water partition coefficient (Wildman–Crippen LogP) is 3.07. The van der Waals surface area contributed by atoms with Crippen LogP contribution in [0.5, 0.6) is 0 Å². The van der Waals surface area contributed by atoms with Crippen LogP contribution in [0.2, 0.25) is 0 Å². The molecule has 2 nitrogen and oxygen atoms in total. The molecule has 1 aromatic rings. The summed E-state index contributed by atoms with van der Waals surface area (Å²) in [7, 11) is 0. The lowest BCUT2D eigenvalue weighted by Gasteiger charge is -2.40. The van der Waals surface area contributed by atoms with E-state index in [1.54, 1.807) is 0 Å². The molecule has 0 radical (unpaired) electrons. The fourth-order valence-corrected chi connectivity index (χ4v) is 2.81. The number of hydrogen-bond donors (Lipinski definition) is 1. The van der Waals surface area contributed by atoms with Crippen molar-refractivity contribution in [1.29, 1.82) is 0 Å². The van der Waals surface area contributed by atoms with Gasteiger partial charge in [0.1, 0.15) is 0 Å². The van der Waals surface area contributed by atoms with E-state index in [1.807, 2.05) is 35.2 Å². The van der Waals surface area contributed by atoms with E-state index in [0.717, 1.165) is 24.9 Å². The van der Waals surface area contributed by atoms with Gasteiger partial charge in [-0.25, -0.2) is 8.78 Å². The molecule has 106 valence electrons. The topological polar surface area (TPSA) is 15.3 Å². The Labute approximate surface area is 113 Å². The number of nitrogens with zero attached hydrogens (tertiary/aromatic N) is 1. The van der Waals surface area contributed by atoms with Crippen molar-refractivity contribution in [3.05, 3.63) is 35.9 Å². The third kappa shape index (κ3) is 3.98. The van der Waals surface area contributed by atoms with Crippen LogP contribution in [0, 0.1) is 0 Å². The van der Waals surface area contributed by atoms with Gasteiger partial charge >= 0.3 is 0 Å². The van der Waals surface area contributed by atoms with Gasteiger partial charge in [-0.05, 0) is 12.0 Å². The zero-order valence-corrected chi connectivity index (χ0v) is 11.4. The van der Waals surface area contributed by atoms with Gasteiger partial charge in [0.15, 0.2) is 0 Å². The average molecular weight is 268 g/mol. The smallest absolute Gasteiger partial charge is 0.251 e. The molecule has 0 bridgehead atoms. The maximum Gasteiger partial charge on any atom is 0.251 e. The standard InChI is InChI=1S/C15H22F2N2/c1-2-6-13-10-19(11-15(16)17)14(9-18-13)12-7-4-3-5-8-12/h3-5,7-8,13-15,18H,2,6,9-11H2,1H3. The summed E-state index contributed by atoms with van der Waals surface area (Å²) < 4.78 is 25.5. The predicted molar refractivity (Wildman–Crippen MR) is 73.5 cm³/mol. The lowest BCUT2D eigenvalue weighted by atomic mass is 9.99. The van der Waals surface area contributed by atoms with Crippen LogP contribution < -0.4 is 5.32 Å². The van der Waals surface area contributed by atoms with Crippen LogP contribution in [0.4, 0.5) is 8.78 Å². The molecule has 1 aliphatic rings. The molecule has 19 heavy (non-hydrogen) atoms. The molecular weight excluding hydrogens is 246 g/mol. The van der Waals surface area contributed by atoms with Crippen LogP contribution in [0.1, 0.15) is 31.4 Å². The van der Waals surface area contributed by atoms with Crippen molar-refractivity contribution in [2.45, 2.75) is 38.3 Å². The normalized spacial score (nSPS) is 24.8. The third-order valence-corrected chi connectivity index (χ3v) is 3.69. The Hall–Kier alpha value is -1.00. The highest BCUT2D eigenvalue weighted by Crippen LogP contribution is 2.25. The van der Waals surface area contributed by atoms with Crippen LogP contribution in [0.15, 0.2) is 30.3 Å². The molecule has 2 unspecified atom stereocenters. The van der Waals surface area contributed by atoms with Crippen LogP contribution in [0.3, 0.4) is 0 Å². The van der Waals surface area contributed by atoms with E-state index in [9.17, 15) is 8.78 Å². The molecule has 1 aliphatic heterocycles. The second kappa shape index (κ2) is 6.96. The quantitative estimate of drug-likeness (QED) is 0.883. The molecule has 1 heterocycles. The molecule has 2 atom stereocenters. The van der Waals surface area contributed by atoms with Crippen molar-refractivity contribution in [1.82, 2.24) is 10.2 Å². The SMILES string of the molecule is CCCC1CN(CC(F)F)C(c2ccccc2)CN1. The highest BCUT2D eigenvalue weighted by Gasteiger charge is 2.30. The van der Waals surface area contributed by atoms with Gasteiger partial charge in [0.25, 0.3) is 6.43 Å².